The van der Waals surface area contributed by atoms with Crippen molar-refractivity contribution in [3.8, 4) is 0 Å². The van der Waals surface area contributed by atoms with Gasteiger partial charge in [0.25, 0.3) is 0 Å². The fourth-order valence-corrected chi connectivity index (χ4v) is 1.67. The van der Waals surface area contributed by atoms with Crippen molar-refractivity contribution >= 4 is 5.91 Å². The van der Waals surface area contributed by atoms with E-state index >= 15 is 0 Å². The minimum atomic E-state index is -0.591. The summed E-state index contributed by atoms with van der Waals surface area (Å²) in [6.45, 7) is 1.91. The molecule has 3 N–H and O–H groups in total. The summed E-state index contributed by atoms with van der Waals surface area (Å²) in [7, 11) is 0. The molecule has 0 unspecified atom stereocenters. The van der Waals surface area contributed by atoms with E-state index in [1.165, 1.54) is 0 Å². The lowest BCUT2D eigenvalue weighted by molar-refractivity contribution is -0.122. The van der Waals surface area contributed by atoms with Crippen LogP contribution < -0.4 is 11.1 Å². The third-order valence-corrected chi connectivity index (χ3v) is 2.62. The van der Waals surface area contributed by atoms with Crippen LogP contribution in [0.25, 0.3) is 0 Å². The molecule has 0 aliphatic rings. The molecular weight excluding hydrogens is 244 g/mol. The van der Waals surface area contributed by atoms with E-state index in [2.05, 4.69) is 15.5 Å². The Labute approximate surface area is 111 Å². The predicted molar refractivity (Wildman–Crippen MR) is 69.0 cm³/mol. The second kappa shape index (κ2) is 6.10. The number of hydrogen-bond donors (Lipinski definition) is 2. The Bertz CT molecular complexity index is 539. The first-order valence-corrected chi connectivity index (χ1v) is 6.01. The number of carbonyl (C=O) groups is 1. The van der Waals surface area contributed by atoms with Gasteiger partial charge in [0.15, 0.2) is 5.82 Å². The maximum atomic E-state index is 11.8. The summed E-state index contributed by atoms with van der Waals surface area (Å²) in [5, 5.41) is 6.31. The first kappa shape index (κ1) is 13.2. The molecule has 1 amide bonds. The molecule has 1 atom stereocenters. The molecule has 6 nitrogen and oxygen atoms in total. The first-order valence-electron chi connectivity index (χ1n) is 6.01. The largest absolute Gasteiger partial charge is 0.346 e. The maximum absolute atomic E-state index is 11.8. The van der Waals surface area contributed by atoms with Gasteiger partial charge >= 0.3 is 0 Å². The van der Waals surface area contributed by atoms with Crippen molar-refractivity contribution in [2.45, 2.75) is 25.9 Å². The van der Waals surface area contributed by atoms with Gasteiger partial charge in [-0.3, -0.25) is 4.79 Å². The van der Waals surface area contributed by atoms with Crippen molar-refractivity contribution in [1.82, 2.24) is 15.5 Å². The average molecular weight is 260 g/mol. The van der Waals surface area contributed by atoms with Crippen molar-refractivity contribution in [2.75, 3.05) is 0 Å². The number of carbonyl (C=O) groups excluding carboxylic acids is 1. The fourth-order valence-electron chi connectivity index (χ4n) is 1.67. The summed E-state index contributed by atoms with van der Waals surface area (Å²) in [5.41, 5.74) is 6.87. The number of nitrogens with zero attached hydrogens (tertiary/aromatic N) is 2. The molecule has 100 valence electrons. The van der Waals surface area contributed by atoms with Gasteiger partial charge in [0.2, 0.25) is 11.8 Å². The van der Waals surface area contributed by atoms with Gasteiger partial charge in [0, 0.05) is 0 Å². The molecule has 1 heterocycles. The zero-order valence-electron chi connectivity index (χ0n) is 10.7. The Morgan fingerprint density at radius 2 is 2.16 bits per heavy atom. The van der Waals surface area contributed by atoms with Crippen molar-refractivity contribution in [3.63, 3.8) is 0 Å². The van der Waals surface area contributed by atoms with Crippen LogP contribution in [0.1, 0.15) is 17.3 Å². The molecular formula is C13H16N4O2. The number of aromatic nitrogens is 2. The highest BCUT2D eigenvalue weighted by Crippen LogP contribution is 2.02. The second-order valence-electron chi connectivity index (χ2n) is 4.25. The Morgan fingerprint density at radius 3 is 2.79 bits per heavy atom. The van der Waals surface area contributed by atoms with Gasteiger partial charge in [0.1, 0.15) is 0 Å². The Balaban J connectivity index is 1.82. The average Bonchev–Trinajstić information content (AvgIpc) is 2.83. The van der Waals surface area contributed by atoms with Gasteiger partial charge in [-0.05, 0) is 18.9 Å². The summed E-state index contributed by atoms with van der Waals surface area (Å²) >= 11 is 0. The van der Waals surface area contributed by atoms with Crippen LogP contribution in [0.2, 0.25) is 0 Å². The van der Waals surface area contributed by atoms with Gasteiger partial charge in [-0.25, -0.2) is 0 Å². The number of benzene rings is 1. The minimum Gasteiger partial charge on any atom is -0.346 e. The molecule has 0 saturated carbocycles. The predicted octanol–water partition coefficient (Wildman–Crippen LogP) is 0.564. The van der Waals surface area contributed by atoms with Crippen molar-refractivity contribution in [1.29, 1.82) is 0 Å². The normalized spacial score (nSPS) is 12.1. The van der Waals surface area contributed by atoms with Gasteiger partial charge in [0.05, 0.1) is 12.6 Å². The van der Waals surface area contributed by atoms with Crippen molar-refractivity contribution < 1.29 is 9.32 Å². The second-order valence-corrected chi connectivity index (χ2v) is 4.25. The van der Waals surface area contributed by atoms with Crippen LogP contribution in [0.15, 0.2) is 34.9 Å². The van der Waals surface area contributed by atoms with E-state index in [0.717, 1.165) is 5.56 Å². The van der Waals surface area contributed by atoms with E-state index in [1.54, 1.807) is 6.92 Å². The molecule has 0 saturated heterocycles. The summed E-state index contributed by atoms with van der Waals surface area (Å²) < 4.78 is 4.90. The van der Waals surface area contributed by atoms with E-state index in [9.17, 15) is 4.79 Å². The number of hydrogen-bond acceptors (Lipinski definition) is 5. The van der Waals surface area contributed by atoms with E-state index in [0.29, 0.717) is 18.1 Å². The quantitative estimate of drug-likeness (QED) is 0.819. The molecule has 19 heavy (non-hydrogen) atoms. The summed E-state index contributed by atoms with van der Waals surface area (Å²) in [4.78, 5) is 15.8. The van der Waals surface area contributed by atoms with Crippen LogP contribution in [-0.4, -0.2) is 22.1 Å². The minimum absolute atomic E-state index is 0.197. The number of nitrogens with one attached hydrogen (secondary N) is 1. The number of aryl methyl sites for hydroxylation is 1. The van der Waals surface area contributed by atoms with Crippen molar-refractivity contribution in [2.24, 2.45) is 5.73 Å². The number of amides is 1. The third-order valence-electron chi connectivity index (χ3n) is 2.62. The third kappa shape index (κ3) is 3.89. The molecule has 1 aromatic heterocycles. The molecule has 0 bridgehead atoms. The zero-order chi connectivity index (χ0) is 13.7. The van der Waals surface area contributed by atoms with Crippen LogP contribution in [0.3, 0.4) is 0 Å². The molecule has 2 aromatic rings. The van der Waals surface area contributed by atoms with Gasteiger partial charge < -0.3 is 15.6 Å². The first-order chi connectivity index (χ1) is 9.15. The monoisotopic (exact) mass is 260 g/mol. The van der Waals surface area contributed by atoms with Crippen LogP contribution in [0.4, 0.5) is 0 Å². The Morgan fingerprint density at radius 1 is 1.42 bits per heavy atom. The topological polar surface area (TPSA) is 94.0 Å². The maximum Gasteiger partial charge on any atom is 0.246 e. The molecule has 0 aliphatic heterocycles. The molecule has 1 aromatic carbocycles. The molecule has 0 fully saturated rings. The van der Waals surface area contributed by atoms with Crippen LogP contribution >= 0.6 is 0 Å². The lowest BCUT2D eigenvalue weighted by atomic mass is 10.1. The van der Waals surface area contributed by atoms with E-state index in [1.807, 2.05) is 30.3 Å². The van der Waals surface area contributed by atoms with Gasteiger partial charge in [-0.1, -0.05) is 35.5 Å². The van der Waals surface area contributed by atoms with Crippen molar-refractivity contribution in [3.05, 3.63) is 47.6 Å². The Kier molecular flexibility index (Phi) is 4.25. The van der Waals surface area contributed by atoms with E-state index in [-0.39, 0.29) is 12.5 Å². The van der Waals surface area contributed by atoms with Crippen LogP contribution in [0.5, 0.6) is 0 Å². The highest BCUT2D eigenvalue weighted by atomic mass is 16.5. The lowest BCUT2D eigenvalue weighted by Crippen LogP contribution is -2.41. The lowest BCUT2D eigenvalue weighted by Gasteiger charge is -2.11. The fraction of sp³-hybridized carbons (Fsp3) is 0.308. The molecule has 6 heteroatoms. The van der Waals surface area contributed by atoms with Gasteiger partial charge in [-0.2, -0.15) is 4.98 Å². The highest BCUT2D eigenvalue weighted by Gasteiger charge is 2.14. The molecule has 0 spiro atoms. The number of rotatable bonds is 5. The van der Waals surface area contributed by atoms with Crippen LogP contribution in [0, 0.1) is 6.92 Å². The van der Waals surface area contributed by atoms with Gasteiger partial charge in [-0.15, -0.1) is 0 Å². The molecule has 2 rings (SSSR count). The summed E-state index contributed by atoms with van der Waals surface area (Å²) in [6, 6.07) is 9.05. The SMILES string of the molecule is Cc1noc(CNC(=O)[C@H](N)Cc2ccccc2)n1. The Hall–Kier alpha value is -2.21. The summed E-state index contributed by atoms with van der Waals surface area (Å²) in [6.07, 6.45) is 0.496. The van der Waals surface area contributed by atoms with E-state index in [4.69, 9.17) is 10.3 Å². The smallest absolute Gasteiger partial charge is 0.246 e. The van der Waals surface area contributed by atoms with E-state index < -0.39 is 6.04 Å². The standard InChI is InChI=1S/C13H16N4O2/c1-9-16-12(19-17-9)8-15-13(18)11(14)7-10-5-3-2-4-6-10/h2-6,11H,7-8,14H2,1H3,(H,15,18)/t11-/m1/s1. The van der Waals surface area contributed by atoms with Crippen LogP contribution in [-0.2, 0) is 17.8 Å². The zero-order valence-corrected chi connectivity index (χ0v) is 10.7. The molecule has 0 aliphatic carbocycles. The number of nitrogens with two attached hydrogens (primary N) is 1. The highest BCUT2D eigenvalue weighted by molar-refractivity contribution is 5.81. The molecule has 0 radical (unpaired) electrons. The summed E-state index contributed by atoms with van der Waals surface area (Å²) in [5.74, 6) is 0.676.